The van der Waals surface area contributed by atoms with E-state index in [4.69, 9.17) is 5.11 Å². The van der Waals surface area contributed by atoms with Crippen LogP contribution in [0.2, 0.25) is 0 Å². The number of hydrogen-bond acceptors (Lipinski definition) is 3. The Morgan fingerprint density at radius 3 is 2.75 bits per heavy atom. The third kappa shape index (κ3) is 5.21. The molecule has 0 aromatic heterocycles. The second-order valence-electron chi connectivity index (χ2n) is 4.59. The van der Waals surface area contributed by atoms with Gasteiger partial charge in [-0.15, -0.1) is 0 Å². The maximum absolute atomic E-state index is 11.8. The minimum absolute atomic E-state index is 0.133. The topological polar surface area (TPSA) is 49.3 Å². The van der Waals surface area contributed by atoms with Gasteiger partial charge in [0.15, 0.2) is 0 Å². The van der Waals surface area contributed by atoms with Crippen LogP contribution < -0.4 is 5.32 Å². The van der Waals surface area contributed by atoms with E-state index in [0.717, 1.165) is 5.75 Å². The quantitative estimate of drug-likeness (QED) is 0.719. The smallest absolute Gasteiger partial charge is 0.220 e. The molecular formula is C12H23NO2S. The van der Waals surface area contributed by atoms with Gasteiger partial charge in [0.25, 0.3) is 0 Å². The lowest BCUT2D eigenvalue weighted by Crippen LogP contribution is -2.38. The van der Waals surface area contributed by atoms with Gasteiger partial charge in [-0.3, -0.25) is 4.79 Å². The number of amides is 1. The van der Waals surface area contributed by atoms with Crippen LogP contribution in [0, 0.1) is 5.92 Å². The minimum Gasteiger partial charge on any atom is -0.396 e. The highest BCUT2D eigenvalue weighted by atomic mass is 32.2. The fourth-order valence-electron chi connectivity index (χ4n) is 2.32. The standard InChI is InChI=1S/C12H23NO2S/c1-16-9-11(6-7-14)13-12(15)8-10-4-2-3-5-10/h10-11,14H,2-9H2,1H3,(H,13,15). The molecule has 1 fully saturated rings. The molecule has 0 bridgehead atoms. The normalized spacial score (nSPS) is 18.6. The molecule has 2 N–H and O–H groups in total. The molecule has 0 aromatic carbocycles. The number of rotatable bonds is 7. The molecule has 0 heterocycles. The van der Waals surface area contributed by atoms with E-state index in [1.54, 1.807) is 11.8 Å². The summed E-state index contributed by atoms with van der Waals surface area (Å²) in [5.74, 6) is 1.65. The van der Waals surface area contributed by atoms with Crippen LogP contribution in [0.4, 0.5) is 0 Å². The van der Waals surface area contributed by atoms with Crippen molar-refractivity contribution in [3.63, 3.8) is 0 Å². The van der Waals surface area contributed by atoms with Crippen molar-refractivity contribution in [3.8, 4) is 0 Å². The Kier molecular flexibility index (Phi) is 6.88. The second kappa shape index (κ2) is 7.96. The molecule has 0 radical (unpaired) electrons. The lowest BCUT2D eigenvalue weighted by atomic mass is 10.0. The SMILES string of the molecule is CSCC(CCO)NC(=O)CC1CCCC1. The molecule has 1 unspecified atom stereocenters. The van der Waals surface area contributed by atoms with E-state index in [-0.39, 0.29) is 18.6 Å². The predicted molar refractivity (Wildman–Crippen MR) is 68.6 cm³/mol. The summed E-state index contributed by atoms with van der Waals surface area (Å²) < 4.78 is 0. The molecule has 0 saturated heterocycles. The van der Waals surface area contributed by atoms with Crippen LogP contribution in [-0.4, -0.2) is 35.7 Å². The number of aliphatic hydroxyl groups is 1. The van der Waals surface area contributed by atoms with Crippen LogP contribution in [0.1, 0.15) is 38.5 Å². The summed E-state index contributed by atoms with van der Waals surface area (Å²) in [5.41, 5.74) is 0. The van der Waals surface area contributed by atoms with Gasteiger partial charge in [-0.05, 0) is 31.4 Å². The van der Waals surface area contributed by atoms with Gasteiger partial charge in [0, 0.05) is 24.8 Å². The molecule has 1 rings (SSSR count). The Balaban J connectivity index is 2.23. The highest BCUT2D eigenvalue weighted by Crippen LogP contribution is 2.27. The first-order valence-corrected chi connectivity index (χ1v) is 7.54. The number of nitrogens with one attached hydrogen (secondary N) is 1. The Hall–Kier alpha value is -0.220. The summed E-state index contributed by atoms with van der Waals surface area (Å²) in [5, 5.41) is 11.9. The maximum atomic E-state index is 11.8. The van der Waals surface area contributed by atoms with Crippen molar-refractivity contribution in [1.29, 1.82) is 0 Å². The van der Waals surface area contributed by atoms with E-state index < -0.39 is 0 Å². The zero-order chi connectivity index (χ0) is 11.8. The van der Waals surface area contributed by atoms with Gasteiger partial charge in [0.05, 0.1) is 0 Å². The van der Waals surface area contributed by atoms with Crippen LogP contribution in [0.5, 0.6) is 0 Å². The molecule has 1 aliphatic carbocycles. The van der Waals surface area contributed by atoms with Crippen molar-refractivity contribution in [1.82, 2.24) is 5.32 Å². The van der Waals surface area contributed by atoms with Crippen LogP contribution >= 0.6 is 11.8 Å². The summed E-state index contributed by atoms with van der Waals surface area (Å²) in [6, 6.07) is 0.133. The number of carbonyl (C=O) groups is 1. The van der Waals surface area contributed by atoms with Gasteiger partial charge in [-0.2, -0.15) is 11.8 Å². The molecule has 94 valence electrons. The van der Waals surface area contributed by atoms with Crippen molar-refractivity contribution in [3.05, 3.63) is 0 Å². The summed E-state index contributed by atoms with van der Waals surface area (Å²) in [7, 11) is 0. The molecule has 16 heavy (non-hydrogen) atoms. The maximum Gasteiger partial charge on any atom is 0.220 e. The van der Waals surface area contributed by atoms with Gasteiger partial charge in [-0.25, -0.2) is 0 Å². The molecule has 1 saturated carbocycles. The van der Waals surface area contributed by atoms with E-state index in [1.165, 1.54) is 25.7 Å². The largest absolute Gasteiger partial charge is 0.396 e. The Morgan fingerprint density at radius 2 is 2.19 bits per heavy atom. The van der Waals surface area contributed by atoms with Crippen LogP contribution in [-0.2, 0) is 4.79 Å². The summed E-state index contributed by atoms with van der Waals surface area (Å²) in [6.07, 6.45) is 8.34. The van der Waals surface area contributed by atoms with E-state index in [9.17, 15) is 4.79 Å². The predicted octanol–water partition coefficient (Wildman–Crippen LogP) is 1.80. The number of aliphatic hydroxyl groups excluding tert-OH is 1. The zero-order valence-corrected chi connectivity index (χ0v) is 10.9. The Morgan fingerprint density at radius 1 is 1.50 bits per heavy atom. The summed E-state index contributed by atoms with van der Waals surface area (Å²) in [6.45, 7) is 0.148. The highest BCUT2D eigenvalue weighted by Gasteiger charge is 2.19. The first-order valence-electron chi connectivity index (χ1n) is 6.15. The van der Waals surface area contributed by atoms with Gasteiger partial charge < -0.3 is 10.4 Å². The average Bonchev–Trinajstić information content (AvgIpc) is 2.71. The van der Waals surface area contributed by atoms with E-state index in [1.807, 2.05) is 6.26 Å². The van der Waals surface area contributed by atoms with Crippen molar-refractivity contribution >= 4 is 17.7 Å². The summed E-state index contributed by atoms with van der Waals surface area (Å²) >= 11 is 1.71. The average molecular weight is 245 g/mol. The third-order valence-electron chi connectivity index (χ3n) is 3.16. The summed E-state index contributed by atoms with van der Waals surface area (Å²) in [4.78, 5) is 11.8. The lowest BCUT2D eigenvalue weighted by Gasteiger charge is -2.18. The molecule has 0 spiro atoms. The van der Waals surface area contributed by atoms with E-state index >= 15 is 0 Å². The number of thioether (sulfide) groups is 1. The Bertz CT molecular complexity index is 199. The van der Waals surface area contributed by atoms with Gasteiger partial charge in [0.2, 0.25) is 5.91 Å². The van der Waals surface area contributed by atoms with Crippen molar-refractivity contribution in [2.75, 3.05) is 18.6 Å². The monoisotopic (exact) mass is 245 g/mol. The molecule has 4 heteroatoms. The van der Waals surface area contributed by atoms with Crippen LogP contribution in [0.15, 0.2) is 0 Å². The molecule has 0 aromatic rings. The lowest BCUT2D eigenvalue weighted by molar-refractivity contribution is -0.122. The third-order valence-corrected chi connectivity index (χ3v) is 3.90. The molecular weight excluding hydrogens is 222 g/mol. The van der Waals surface area contributed by atoms with Crippen molar-refractivity contribution in [2.45, 2.75) is 44.6 Å². The zero-order valence-electron chi connectivity index (χ0n) is 10.1. The van der Waals surface area contributed by atoms with E-state index in [0.29, 0.717) is 18.8 Å². The van der Waals surface area contributed by atoms with Gasteiger partial charge >= 0.3 is 0 Å². The fraction of sp³-hybridized carbons (Fsp3) is 0.917. The van der Waals surface area contributed by atoms with Crippen LogP contribution in [0.3, 0.4) is 0 Å². The molecule has 1 amide bonds. The van der Waals surface area contributed by atoms with Crippen molar-refractivity contribution in [2.24, 2.45) is 5.92 Å². The molecule has 0 aliphatic heterocycles. The van der Waals surface area contributed by atoms with Gasteiger partial charge in [-0.1, -0.05) is 12.8 Å². The fourth-order valence-corrected chi connectivity index (χ4v) is 2.97. The Labute approximate surface area is 102 Å². The molecule has 3 nitrogen and oxygen atoms in total. The van der Waals surface area contributed by atoms with Crippen LogP contribution in [0.25, 0.3) is 0 Å². The minimum atomic E-state index is 0.133. The second-order valence-corrected chi connectivity index (χ2v) is 5.50. The van der Waals surface area contributed by atoms with Crippen molar-refractivity contribution < 1.29 is 9.90 Å². The number of hydrogen-bond donors (Lipinski definition) is 2. The van der Waals surface area contributed by atoms with Gasteiger partial charge in [0.1, 0.15) is 0 Å². The first-order chi connectivity index (χ1) is 7.76. The molecule has 1 aliphatic rings. The number of carbonyl (C=O) groups excluding carboxylic acids is 1. The van der Waals surface area contributed by atoms with E-state index in [2.05, 4.69) is 5.32 Å². The first kappa shape index (κ1) is 13.8. The highest BCUT2D eigenvalue weighted by molar-refractivity contribution is 7.98. The molecule has 1 atom stereocenters.